The van der Waals surface area contributed by atoms with Crippen molar-refractivity contribution in [2.75, 3.05) is 19.8 Å². The van der Waals surface area contributed by atoms with Gasteiger partial charge in [0.05, 0.1) is 32.0 Å². The van der Waals surface area contributed by atoms with Gasteiger partial charge in [-0.1, -0.05) is 174 Å². The molecule has 12 unspecified atom stereocenters. The molecule has 60 heavy (non-hydrogen) atoms. The van der Waals surface area contributed by atoms with E-state index < -0.39 is 86.8 Å². The Labute approximate surface area is 362 Å². The minimum Gasteiger partial charge on any atom is -0.394 e. The third-order valence-corrected chi connectivity index (χ3v) is 12.3. The number of carbonyl (C=O) groups excluding carboxylic acids is 1. The normalized spacial score (nSPS) is 28.2. The maximum absolute atomic E-state index is 12.8. The Morgan fingerprint density at radius 1 is 0.533 bits per heavy atom. The fourth-order valence-electron chi connectivity index (χ4n) is 8.30. The van der Waals surface area contributed by atoms with Crippen LogP contribution in [0.2, 0.25) is 0 Å². The van der Waals surface area contributed by atoms with Gasteiger partial charge in [-0.25, -0.2) is 0 Å². The standard InChI is InChI=1S/C46H89NO13/c1-3-5-7-8-9-10-11-12-13-14-15-16-17-18-19-20-21-22-23-24-25-26-28-29-35(50)34(47-38(51)30-27-6-4-2)33-57-45-43(56)41(54)44(37(32-49)59-45)60-46-42(55)40(53)39(52)36(31-48)58-46/h34-37,39-46,48-50,52-56H,3-33H2,1-2H3,(H,47,51). The van der Waals surface area contributed by atoms with Crippen LogP contribution in [0.25, 0.3) is 0 Å². The molecule has 0 aliphatic carbocycles. The first kappa shape index (κ1) is 55.1. The SMILES string of the molecule is CCCCCCCCCCCCCCCCCCCCCCCCCC(O)C(COC1OC(CO)C(OC2OC(CO)C(O)C(O)C2O)C(O)C1O)NC(=O)CCCCC. The number of aliphatic hydroxyl groups excluding tert-OH is 8. The van der Waals surface area contributed by atoms with E-state index in [2.05, 4.69) is 12.2 Å². The maximum Gasteiger partial charge on any atom is 0.220 e. The smallest absolute Gasteiger partial charge is 0.220 e. The van der Waals surface area contributed by atoms with Crippen molar-refractivity contribution in [2.24, 2.45) is 0 Å². The number of hydrogen-bond acceptors (Lipinski definition) is 13. The highest BCUT2D eigenvalue weighted by molar-refractivity contribution is 5.76. The third kappa shape index (κ3) is 22.1. The van der Waals surface area contributed by atoms with E-state index in [1.165, 1.54) is 122 Å². The number of carbonyl (C=O) groups is 1. The van der Waals surface area contributed by atoms with Gasteiger partial charge in [-0.2, -0.15) is 0 Å². The summed E-state index contributed by atoms with van der Waals surface area (Å²) in [5.41, 5.74) is 0. The molecule has 2 aliphatic rings. The molecular formula is C46H89NO13. The second kappa shape index (κ2) is 34.4. The summed E-state index contributed by atoms with van der Waals surface area (Å²) in [6.45, 7) is 2.68. The number of nitrogens with one attached hydrogen (secondary N) is 1. The van der Waals surface area contributed by atoms with Crippen LogP contribution in [0.3, 0.4) is 0 Å². The summed E-state index contributed by atoms with van der Waals surface area (Å²) < 4.78 is 22.6. The molecule has 0 saturated carbocycles. The molecule has 2 fully saturated rings. The van der Waals surface area contributed by atoms with Crippen LogP contribution in [-0.4, -0.2) is 140 Å². The summed E-state index contributed by atoms with van der Waals surface area (Å²) >= 11 is 0. The molecule has 2 rings (SSSR count). The molecule has 12 atom stereocenters. The van der Waals surface area contributed by atoms with Crippen LogP contribution in [0.1, 0.15) is 194 Å². The van der Waals surface area contributed by atoms with Crippen molar-refractivity contribution in [3.63, 3.8) is 0 Å². The Balaban J connectivity index is 1.66. The average Bonchev–Trinajstić information content (AvgIpc) is 3.24. The van der Waals surface area contributed by atoms with Crippen molar-refractivity contribution in [1.82, 2.24) is 5.32 Å². The van der Waals surface area contributed by atoms with Gasteiger partial charge in [0.2, 0.25) is 5.91 Å². The second-order valence-electron chi connectivity index (χ2n) is 17.6. The van der Waals surface area contributed by atoms with E-state index in [0.717, 1.165) is 38.5 Å². The lowest BCUT2D eigenvalue weighted by Crippen LogP contribution is -2.65. The summed E-state index contributed by atoms with van der Waals surface area (Å²) in [6, 6.07) is -0.817. The zero-order valence-corrected chi connectivity index (χ0v) is 37.5. The van der Waals surface area contributed by atoms with Crippen molar-refractivity contribution in [3.8, 4) is 0 Å². The zero-order chi connectivity index (χ0) is 44.0. The highest BCUT2D eigenvalue weighted by atomic mass is 16.7. The molecule has 2 saturated heterocycles. The van der Waals surface area contributed by atoms with E-state index >= 15 is 0 Å². The Morgan fingerprint density at radius 2 is 0.950 bits per heavy atom. The predicted octanol–water partition coefficient (Wildman–Crippen LogP) is 5.44. The van der Waals surface area contributed by atoms with Crippen molar-refractivity contribution in [1.29, 1.82) is 0 Å². The number of unbranched alkanes of at least 4 members (excludes halogenated alkanes) is 24. The average molecular weight is 864 g/mol. The van der Waals surface area contributed by atoms with E-state index in [1.807, 2.05) is 6.92 Å². The van der Waals surface area contributed by atoms with Crippen molar-refractivity contribution in [2.45, 2.75) is 267 Å². The van der Waals surface area contributed by atoms with E-state index in [1.54, 1.807) is 0 Å². The topological polar surface area (TPSA) is 228 Å². The summed E-state index contributed by atoms with van der Waals surface area (Å²) in [7, 11) is 0. The molecule has 356 valence electrons. The highest BCUT2D eigenvalue weighted by Gasteiger charge is 2.51. The van der Waals surface area contributed by atoms with Gasteiger partial charge in [0.15, 0.2) is 12.6 Å². The molecule has 0 spiro atoms. The zero-order valence-electron chi connectivity index (χ0n) is 37.5. The number of aliphatic hydroxyl groups is 8. The molecule has 0 bridgehead atoms. The van der Waals surface area contributed by atoms with Gasteiger partial charge >= 0.3 is 0 Å². The van der Waals surface area contributed by atoms with Gasteiger partial charge in [0.25, 0.3) is 0 Å². The summed E-state index contributed by atoms with van der Waals surface area (Å²) in [6.07, 6.45) is 16.5. The van der Waals surface area contributed by atoms with Crippen LogP contribution < -0.4 is 5.32 Å². The van der Waals surface area contributed by atoms with Gasteiger partial charge < -0.3 is 65.1 Å². The molecule has 1 amide bonds. The molecule has 9 N–H and O–H groups in total. The van der Waals surface area contributed by atoms with Crippen LogP contribution in [0, 0.1) is 0 Å². The first-order chi connectivity index (χ1) is 29.1. The predicted molar refractivity (Wildman–Crippen MR) is 231 cm³/mol. The number of rotatable bonds is 37. The Bertz CT molecular complexity index is 1020. The lowest BCUT2D eigenvalue weighted by Gasteiger charge is -2.46. The van der Waals surface area contributed by atoms with Gasteiger partial charge in [0.1, 0.15) is 48.8 Å². The van der Waals surface area contributed by atoms with E-state index in [0.29, 0.717) is 19.3 Å². The van der Waals surface area contributed by atoms with Crippen LogP contribution >= 0.6 is 0 Å². The van der Waals surface area contributed by atoms with Gasteiger partial charge in [-0.15, -0.1) is 0 Å². The number of ether oxygens (including phenoxy) is 4. The Morgan fingerprint density at radius 3 is 1.42 bits per heavy atom. The Kier molecular flexibility index (Phi) is 31.6. The first-order valence-corrected chi connectivity index (χ1v) is 24.3. The first-order valence-electron chi connectivity index (χ1n) is 24.3. The van der Waals surface area contributed by atoms with Crippen LogP contribution in [-0.2, 0) is 23.7 Å². The maximum atomic E-state index is 12.8. The molecule has 0 radical (unpaired) electrons. The van der Waals surface area contributed by atoms with E-state index in [9.17, 15) is 45.6 Å². The molecule has 0 aromatic carbocycles. The molecule has 14 nitrogen and oxygen atoms in total. The lowest BCUT2D eigenvalue weighted by molar-refractivity contribution is -0.359. The van der Waals surface area contributed by atoms with Crippen molar-refractivity contribution < 1.29 is 64.6 Å². The monoisotopic (exact) mass is 864 g/mol. The minimum atomic E-state index is -1.78. The van der Waals surface area contributed by atoms with Gasteiger partial charge in [0, 0.05) is 6.42 Å². The van der Waals surface area contributed by atoms with E-state index in [4.69, 9.17) is 18.9 Å². The van der Waals surface area contributed by atoms with Crippen molar-refractivity contribution in [3.05, 3.63) is 0 Å². The molecule has 0 aromatic heterocycles. The summed E-state index contributed by atoms with van der Waals surface area (Å²) in [5, 5.41) is 86.2. The van der Waals surface area contributed by atoms with Gasteiger partial charge in [-0.05, 0) is 12.8 Å². The minimum absolute atomic E-state index is 0.230. The summed E-state index contributed by atoms with van der Waals surface area (Å²) in [5.74, 6) is -0.230. The fourth-order valence-corrected chi connectivity index (χ4v) is 8.30. The molecule has 0 aromatic rings. The van der Waals surface area contributed by atoms with Crippen molar-refractivity contribution >= 4 is 5.91 Å². The molecule has 2 heterocycles. The number of hydrogen-bond donors (Lipinski definition) is 9. The lowest BCUT2D eigenvalue weighted by atomic mass is 9.97. The molecule has 14 heteroatoms. The third-order valence-electron chi connectivity index (χ3n) is 12.3. The summed E-state index contributed by atoms with van der Waals surface area (Å²) in [4.78, 5) is 12.8. The van der Waals surface area contributed by atoms with E-state index in [-0.39, 0.29) is 12.5 Å². The van der Waals surface area contributed by atoms with Crippen LogP contribution in [0.4, 0.5) is 0 Å². The molecular weight excluding hydrogens is 775 g/mol. The highest BCUT2D eigenvalue weighted by Crippen LogP contribution is 2.30. The van der Waals surface area contributed by atoms with Gasteiger partial charge in [-0.3, -0.25) is 4.79 Å². The van der Waals surface area contributed by atoms with Crippen LogP contribution in [0.5, 0.6) is 0 Å². The fraction of sp³-hybridized carbons (Fsp3) is 0.978. The Hall–Kier alpha value is -1.01. The second-order valence-corrected chi connectivity index (χ2v) is 17.6. The largest absolute Gasteiger partial charge is 0.394 e. The number of amides is 1. The molecule has 2 aliphatic heterocycles. The quantitative estimate of drug-likeness (QED) is 0.0356. The van der Waals surface area contributed by atoms with Crippen LogP contribution in [0.15, 0.2) is 0 Å².